The second kappa shape index (κ2) is 4.91. The third-order valence-corrected chi connectivity index (χ3v) is 2.72. The predicted molar refractivity (Wildman–Crippen MR) is 56.9 cm³/mol. The molecule has 0 saturated heterocycles. The molecule has 2 aromatic heterocycles. The summed E-state index contributed by atoms with van der Waals surface area (Å²) in [5.41, 5.74) is 0. The van der Waals surface area contributed by atoms with Gasteiger partial charge in [0.05, 0.1) is 6.61 Å². The Labute approximate surface area is 91.3 Å². The summed E-state index contributed by atoms with van der Waals surface area (Å²) < 4.78 is 10.6. The molecule has 0 aliphatic heterocycles. The van der Waals surface area contributed by atoms with Crippen LogP contribution in [0.25, 0.3) is 0 Å². The lowest BCUT2D eigenvalue weighted by Gasteiger charge is -1.98. The molecule has 0 N–H and O–H groups in total. The predicted octanol–water partition coefficient (Wildman–Crippen LogP) is 2.87. The molecule has 2 rings (SSSR count). The van der Waals surface area contributed by atoms with Crippen LogP contribution in [-0.2, 0) is 18.0 Å². The van der Waals surface area contributed by atoms with Gasteiger partial charge in [-0.3, -0.25) is 4.79 Å². The Hall–Kier alpha value is -1.39. The van der Waals surface area contributed by atoms with Gasteiger partial charge in [0.2, 0.25) is 0 Å². The van der Waals surface area contributed by atoms with Crippen LogP contribution in [0.3, 0.4) is 0 Å². The first-order valence-corrected chi connectivity index (χ1v) is 5.40. The summed E-state index contributed by atoms with van der Waals surface area (Å²) in [6.45, 7) is 0.973. The minimum absolute atomic E-state index is 0.338. The highest BCUT2D eigenvalue weighted by molar-refractivity contribution is 7.09. The highest BCUT2D eigenvalue weighted by Gasteiger charge is 2.01. The Kier molecular flexibility index (Phi) is 3.32. The maximum Gasteiger partial charge on any atom is 0.185 e. The van der Waals surface area contributed by atoms with Gasteiger partial charge in [0.25, 0.3) is 0 Å². The summed E-state index contributed by atoms with van der Waals surface area (Å²) in [7, 11) is 0. The zero-order valence-corrected chi connectivity index (χ0v) is 8.83. The molecular weight excluding hydrogens is 212 g/mol. The molecule has 0 aliphatic carbocycles. The molecule has 0 aromatic carbocycles. The van der Waals surface area contributed by atoms with Crippen LogP contribution in [0.15, 0.2) is 34.1 Å². The van der Waals surface area contributed by atoms with Gasteiger partial charge in [-0.2, -0.15) is 0 Å². The van der Waals surface area contributed by atoms with Crippen LogP contribution in [0, 0.1) is 0 Å². The Morgan fingerprint density at radius 1 is 1.33 bits per heavy atom. The zero-order chi connectivity index (χ0) is 10.5. The van der Waals surface area contributed by atoms with Gasteiger partial charge < -0.3 is 9.15 Å². The van der Waals surface area contributed by atoms with Crippen LogP contribution in [-0.4, -0.2) is 6.29 Å². The monoisotopic (exact) mass is 222 g/mol. The van der Waals surface area contributed by atoms with Crippen molar-refractivity contribution in [3.05, 3.63) is 46.0 Å². The first-order valence-electron chi connectivity index (χ1n) is 4.52. The molecule has 2 heterocycles. The van der Waals surface area contributed by atoms with E-state index in [0.717, 1.165) is 0 Å². The van der Waals surface area contributed by atoms with Crippen molar-refractivity contribution in [3.63, 3.8) is 0 Å². The molecule has 0 aliphatic rings. The Bertz CT molecular complexity index is 417. The lowest BCUT2D eigenvalue weighted by molar-refractivity contribution is 0.0924. The summed E-state index contributed by atoms with van der Waals surface area (Å²) >= 11 is 1.66. The standard InChI is InChI=1S/C11H10O3S/c12-6-9-3-4-10(14-9)7-13-8-11-2-1-5-15-11/h1-6H,7-8H2. The van der Waals surface area contributed by atoms with Crippen LogP contribution in [0.5, 0.6) is 0 Å². The number of carbonyl (C=O) groups excluding carboxylic acids is 1. The van der Waals surface area contributed by atoms with Crippen LogP contribution in [0.4, 0.5) is 0 Å². The number of furan rings is 1. The van der Waals surface area contributed by atoms with Gasteiger partial charge in [0.15, 0.2) is 12.0 Å². The highest BCUT2D eigenvalue weighted by atomic mass is 32.1. The minimum atomic E-state index is 0.338. The van der Waals surface area contributed by atoms with E-state index in [9.17, 15) is 4.79 Å². The van der Waals surface area contributed by atoms with E-state index in [4.69, 9.17) is 9.15 Å². The summed E-state index contributed by atoms with van der Waals surface area (Å²) in [5, 5.41) is 2.01. The Morgan fingerprint density at radius 3 is 2.93 bits per heavy atom. The topological polar surface area (TPSA) is 39.4 Å². The molecule has 0 amide bonds. The van der Waals surface area contributed by atoms with Crippen molar-refractivity contribution in [1.82, 2.24) is 0 Å². The SMILES string of the molecule is O=Cc1ccc(COCc2cccs2)o1. The molecular formula is C11H10O3S. The van der Waals surface area contributed by atoms with Crippen molar-refractivity contribution in [3.8, 4) is 0 Å². The second-order valence-corrected chi connectivity index (χ2v) is 4.03. The average Bonchev–Trinajstić information content (AvgIpc) is 2.88. The first-order chi connectivity index (χ1) is 7.38. The number of hydrogen-bond acceptors (Lipinski definition) is 4. The molecule has 4 heteroatoms. The lowest BCUT2D eigenvalue weighted by atomic mass is 10.4. The van der Waals surface area contributed by atoms with E-state index in [-0.39, 0.29) is 0 Å². The lowest BCUT2D eigenvalue weighted by Crippen LogP contribution is -1.90. The zero-order valence-electron chi connectivity index (χ0n) is 8.01. The van der Waals surface area contributed by atoms with E-state index in [1.807, 2.05) is 17.5 Å². The largest absolute Gasteiger partial charge is 0.456 e. The molecule has 15 heavy (non-hydrogen) atoms. The molecule has 0 saturated carbocycles. The number of ether oxygens (including phenoxy) is 1. The van der Waals surface area contributed by atoms with Crippen LogP contribution >= 0.6 is 11.3 Å². The van der Waals surface area contributed by atoms with E-state index in [1.54, 1.807) is 23.5 Å². The van der Waals surface area contributed by atoms with Gasteiger partial charge in [-0.25, -0.2) is 0 Å². The van der Waals surface area contributed by atoms with Gasteiger partial charge in [-0.1, -0.05) is 6.07 Å². The normalized spacial score (nSPS) is 10.4. The van der Waals surface area contributed by atoms with Crippen LogP contribution in [0.1, 0.15) is 21.2 Å². The van der Waals surface area contributed by atoms with E-state index < -0.39 is 0 Å². The molecule has 0 bridgehead atoms. The first kappa shape index (κ1) is 10.1. The van der Waals surface area contributed by atoms with Crippen molar-refractivity contribution in [2.75, 3.05) is 0 Å². The minimum Gasteiger partial charge on any atom is -0.456 e. The van der Waals surface area contributed by atoms with Crippen molar-refractivity contribution in [2.24, 2.45) is 0 Å². The summed E-state index contributed by atoms with van der Waals surface area (Å²) in [6.07, 6.45) is 0.683. The summed E-state index contributed by atoms with van der Waals surface area (Å²) in [4.78, 5) is 11.5. The number of carbonyl (C=O) groups is 1. The fourth-order valence-electron chi connectivity index (χ4n) is 1.18. The third kappa shape index (κ3) is 2.78. The van der Waals surface area contributed by atoms with E-state index in [2.05, 4.69) is 0 Å². The number of rotatable bonds is 5. The van der Waals surface area contributed by atoms with Gasteiger partial charge >= 0.3 is 0 Å². The molecule has 3 nitrogen and oxygen atoms in total. The molecule has 0 radical (unpaired) electrons. The second-order valence-electron chi connectivity index (χ2n) is 2.99. The van der Waals surface area contributed by atoms with Crippen molar-refractivity contribution in [1.29, 1.82) is 0 Å². The molecule has 2 aromatic rings. The number of aldehydes is 1. The van der Waals surface area contributed by atoms with Crippen molar-refractivity contribution in [2.45, 2.75) is 13.2 Å². The van der Waals surface area contributed by atoms with Crippen LogP contribution < -0.4 is 0 Å². The third-order valence-electron chi connectivity index (χ3n) is 1.87. The van der Waals surface area contributed by atoms with Crippen molar-refractivity contribution < 1.29 is 13.9 Å². The molecule has 0 spiro atoms. The van der Waals surface area contributed by atoms with Gasteiger partial charge in [0.1, 0.15) is 12.4 Å². The maximum absolute atomic E-state index is 10.3. The summed E-state index contributed by atoms with van der Waals surface area (Å²) in [5.74, 6) is 1.01. The maximum atomic E-state index is 10.3. The quantitative estimate of drug-likeness (QED) is 0.730. The van der Waals surface area contributed by atoms with E-state index in [0.29, 0.717) is 31.0 Å². The highest BCUT2D eigenvalue weighted by Crippen LogP contribution is 2.12. The molecule has 78 valence electrons. The molecule has 0 fully saturated rings. The number of thiophene rings is 1. The fraction of sp³-hybridized carbons (Fsp3) is 0.182. The van der Waals surface area contributed by atoms with Gasteiger partial charge in [0, 0.05) is 4.88 Å². The van der Waals surface area contributed by atoms with E-state index >= 15 is 0 Å². The Morgan fingerprint density at radius 2 is 2.27 bits per heavy atom. The smallest absolute Gasteiger partial charge is 0.185 e. The van der Waals surface area contributed by atoms with Gasteiger partial charge in [-0.15, -0.1) is 11.3 Å². The fourth-order valence-corrected chi connectivity index (χ4v) is 1.82. The summed E-state index contributed by atoms with van der Waals surface area (Å²) in [6, 6.07) is 7.39. The van der Waals surface area contributed by atoms with E-state index in [1.165, 1.54) is 4.88 Å². The van der Waals surface area contributed by atoms with Crippen molar-refractivity contribution >= 4 is 17.6 Å². The molecule has 0 atom stereocenters. The average molecular weight is 222 g/mol. The molecule has 0 unspecified atom stereocenters. The van der Waals surface area contributed by atoms with Gasteiger partial charge in [-0.05, 0) is 23.6 Å². The number of hydrogen-bond donors (Lipinski definition) is 0. The van der Waals surface area contributed by atoms with Crippen LogP contribution in [0.2, 0.25) is 0 Å². The Balaban J connectivity index is 1.80.